The van der Waals surface area contributed by atoms with Crippen molar-refractivity contribution >= 4 is 53.7 Å². The lowest BCUT2D eigenvalue weighted by Crippen LogP contribution is -2.34. The van der Waals surface area contributed by atoms with E-state index in [2.05, 4.69) is 15.3 Å². The molecule has 0 saturated heterocycles. The van der Waals surface area contributed by atoms with Gasteiger partial charge in [0.25, 0.3) is 0 Å². The number of rotatable bonds is 2. The molecule has 4 aromatic rings. The van der Waals surface area contributed by atoms with Crippen molar-refractivity contribution in [3.63, 3.8) is 0 Å². The minimum Gasteiger partial charge on any atom is -0.490 e. The summed E-state index contributed by atoms with van der Waals surface area (Å²) in [6.45, 7) is 0.236. The van der Waals surface area contributed by atoms with Crippen molar-refractivity contribution in [1.82, 2.24) is 9.97 Å². The van der Waals surface area contributed by atoms with Crippen LogP contribution in [0, 0.1) is 0 Å². The summed E-state index contributed by atoms with van der Waals surface area (Å²) in [6, 6.07) is 11.3. The van der Waals surface area contributed by atoms with Crippen LogP contribution in [0.25, 0.3) is 21.1 Å². The highest BCUT2D eigenvalue weighted by atomic mass is 32.2. The molecule has 1 spiro atoms. The molecule has 0 bridgehead atoms. The number of nitrogens with zero attached hydrogens (tertiary/aromatic N) is 2. The van der Waals surface area contributed by atoms with Gasteiger partial charge in [0.15, 0.2) is 9.84 Å². The van der Waals surface area contributed by atoms with Gasteiger partial charge in [0.2, 0.25) is 0 Å². The lowest BCUT2D eigenvalue weighted by Gasteiger charge is -2.25. The molecule has 140 valence electrons. The average Bonchev–Trinajstić information content (AvgIpc) is 3.35. The summed E-state index contributed by atoms with van der Waals surface area (Å²) in [6.07, 6.45) is 3.04. The summed E-state index contributed by atoms with van der Waals surface area (Å²) in [7, 11) is -3.40. The van der Waals surface area contributed by atoms with Gasteiger partial charge in [-0.2, -0.15) is 0 Å². The molecule has 3 heterocycles. The first-order chi connectivity index (χ1) is 13.6. The first kappa shape index (κ1) is 16.3. The molecular weight excluding hydrogens is 394 g/mol. The summed E-state index contributed by atoms with van der Waals surface area (Å²) < 4.78 is 32.4. The molecule has 6 rings (SSSR count). The van der Waals surface area contributed by atoms with Gasteiger partial charge < -0.3 is 10.1 Å². The van der Waals surface area contributed by atoms with Crippen molar-refractivity contribution in [2.45, 2.75) is 22.5 Å². The van der Waals surface area contributed by atoms with Gasteiger partial charge in [-0.1, -0.05) is 0 Å². The van der Waals surface area contributed by atoms with Crippen LogP contribution >= 0.6 is 11.3 Å². The second kappa shape index (κ2) is 5.42. The summed E-state index contributed by atoms with van der Waals surface area (Å²) in [4.78, 5) is 9.03. The number of anilines is 2. The van der Waals surface area contributed by atoms with Crippen LogP contribution in [0.5, 0.6) is 5.75 Å². The van der Waals surface area contributed by atoms with Crippen LogP contribution in [-0.4, -0.2) is 29.7 Å². The van der Waals surface area contributed by atoms with Crippen molar-refractivity contribution < 1.29 is 13.2 Å². The van der Waals surface area contributed by atoms with E-state index in [-0.39, 0.29) is 11.5 Å². The number of pyridine rings is 1. The Morgan fingerprint density at radius 3 is 2.82 bits per heavy atom. The zero-order valence-corrected chi connectivity index (χ0v) is 16.3. The Labute approximate surface area is 165 Å². The van der Waals surface area contributed by atoms with Gasteiger partial charge in [-0.05, 0) is 43.2 Å². The second-order valence-electron chi connectivity index (χ2n) is 7.31. The molecule has 28 heavy (non-hydrogen) atoms. The Bertz CT molecular complexity index is 1370. The Hall–Kier alpha value is -2.71. The first-order valence-corrected chi connectivity index (χ1v) is 11.3. The molecule has 2 aromatic heterocycles. The van der Waals surface area contributed by atoms with Gasteiger partial charge >= 0.3 is 0 Å². The second-order valence-corrected chi connectivity index (χ2v) is 10.5. The van der Waals surface area contributed by atoms with E-state index < -0.39 is 14.6 Å². The van der Waals surface area contributed by atoms with Crippen molar-refractivity contribution in [1.29, 1.82) is 0 Å². The van der Waals surface area contributed by atoms with Crippen LogP contribution in [0.2, 0.25) is 0 Å². The minimum absolute atomic E-state index is 0.236. The molecule has 1 fully saturated rings. The Morgan fingerprint density at radius 1 is 1.07 bits per heavy atom. The molecule has 0 unspecified atom stereocenters. The van der Waals surface area contributed by atoms with Crippen LogP contribution in [0.4, 0.5) is 11.4 Å². The predicted octanol–water partition coefficient (Wildman–Crippen LogP) is 4.29. The third kappa shape index (κ3) is 2.21. The van der Waals surface area contributed by atoms with E-state index in [1.165, 1.54) is 0 Å². The van der Waals surface area contributed by atoms with E-state index in [1.54, 1.807) is 29.7 Å². The van der Waals surface area contributed by atoms with E-state index in [4.69, 9.17) is 4.74 Å². The number of sulfone groups is 1. The molecule has 0 radical (unpaired) electrons. The maximum absolute atomic E-state index is 13.1. The third-order valence-corrected chi connectivity index (χ3v) is 8.95. The van der Waals surface area contributed by atoms with Crippen LogP contribution in [0.15, 0.2) is 53.0 Å². The lowest BCUT2D eigenvalue weighted by molar-refractivity contribution is 0.287. The molecule has 0 amide bonds. The highest BCUT2D eigenvalue weighted by Gasteiger charge is 2.58. The summed E-state index contributed by atoms with van der Waals surface area (Å²) in [5.41, 5.74) is 5.13. The monoisotopic (exact) mass is 409 g/mol. The van der Waals surface area contributed by atoms with E-state index in [9.17, 15) is 8.42 Å². The number of fused-ring (bicyclic) bond motifs is 3. The van der Waals surface area contributed by atoms with Gasteiger partial charge in [0.1, 0.15) is 22.0 Å². The largest absolute Gasteiger partial charge is 0.490 e. The van der Waals surface area contributed by atoms with Crippen molar-refractivity contribution in [3.8, 4) is 5.75 Å². The molecule has 1 aliphatic carbocycles. The first-order valence-electron chi connectivity index (χ1n) is 8.96. The van der Waals surface area contributed by atoms with E-state index in [0.29, 0.717) is 24.1 Å². The van der Waals surface area contributed by atoms with E-state index in [1.807, 2.05) is 29.8 Å². The average molecular weight is 409 g/mol. The van der Waals surface area contributed by atoms with Crippen LogP contribution in [-0.2, 0) is 9.84 Å². The topological polar surface area (TPSA) is 81.2 Å². The van der Waals surface area contributed by atoms with Crippen LogP contribution < -0.4 is 10.1 Å². The number of nitrogens with one attached hydrogen (secondary N) is 1. The van der Waals surface area contributed by atoms with Crippen LogP contribution in [0.1, 0.15) is 12.8 Å². The zero-order valence-electron chi connectivity index (χ0n) is 14.7. The molecule has 6 nitrogen and oxygen atoms in total. The van der Waals surface area contributed by atoms with Gasteiger partial charge in [-0.15, -0.1) is 11.3 Å². The fraction of sp³-hybridized carbons (Fsp3) is 0.200. The Morgan fingerprint density at radius 2 is 1.96 bits per heavy atom. The van der Waals surface area contributed by atoms with Crippen LogP contribution in [0.3, 0.4) is 0 Å². The van der Waals surface area contributed by atoms with Gasteiger partial charge in [-0.25, -0.2) is 13.4 Å². The highest BCUT2D eigenvalue weighted by Crippen LogP contribution is 2.52. The number of ether oxygens (including phenoxy) is 1. The predicted molar refractivity (Wildman–Crippen MR) is 109 cm³/mol. The maximum atomic E-state index is 13.1. The van der Waals surface area contributed by atoms with Gasteiger partial charge in [0, 0.05) is 29.0 Å². The van der Waals surface area contributed by atoms with Crippen molar-refractivity contribution in [2.75, 3.05) is 11.9 Å². The third-order valence-electron chi connectivity index (χ3n) is 5.57. The van der Waals surface area contributed by atoms with Crippen molar-refractivity contribution in [2.24, 2.45) is 0 Å². The van der Waals surface area contributed by atoms with E-state index in [0.717, 1.165) is 27.0 Å². The summed E-state index contributed by atoms with van der Waals surface area (Å²) in [5.74, 6) is 0.401. The number of aromatic nitrogens is 2. The summed E-state index contributed by atoms with van der Waals surface area (Å²) in [5, 5.41) is 4.14. The molecule has 1 N–H and O–H groups in total. The standard InChI is InChI=1S/C20H15N3O3S2/c24-28(25)19-8-13-14(23-12-1-2-18-16(7-12)22-11-27-18)3-6-21-15(13)9-17(19)26-10-20(28)4-5-20/h1-3,6-9,11H,4-5,10H2,(H,21,23). The number of thiazole rings is 1. The SMILES string of the molecule is O=S1(=O)c2cc3c(Nc4ccc5scnc5c4)ccnc3cc2OCC12CC2. The normalized spacial score (nSPS) is 18.7. The smallest absolute Gasteiger partial charge is 0.191 e. The summed E-state index contributed by atoms with van der Waals surface area (Å²) >= 11 is 1.60. The van der Waals surface area contributed by atoms with Gasteiger partial charge in [0.05, 0.1) is 21.2 Å². The number of hydrogen-bond donors (Lipinski definition) is 1. The molecule has 2 aliphatic rings. The van der Waals surface area contributed by atoms with Gasteiger partial charge in [-0.3, -0.25) is 4.98 Å². The molecule has 1 aliphatic heterocycles. The number of benzene rings is 2. The molecule has 2 aromatic carbocycles. The number of hydrogen-bond acceptors (Lipinski definition) is 7. The minimum atomic E-state index is -3.40. The van der Waals surface area contributed by atoms with E-state index >= 15 is 0 Å². The quantitative estimate of drug-likeness (QED) is 0.532. The molecule has 0 atom stereocenters. The highest BCUT2D eigenvalue weighted by molar-refractivity contribution is 7.93. The molecule has 1 saturated carbocycles. The lowest BCUT2D eigenvalue weighted by atomic mass is 10.1. The fourth-order valence-corrected chi connectivity index (χ4v) is 6.38. The van der Waals surface area contributed by atoms with Crippen molar-refractivity contribution in [3.05, 3.63) is 48.1 Å². The maximum Gasteiger partial charge on any atom is 0.191 e. The fourth-order valence-electron chi connectivity index (χ4n) is 3.75. The zero-order chi connectivity index (χ0) is 18.9. The Kier molecular flexibility index (Phi) is 3.15. The Balaban J connectivity index is 1.50. The molecule has 8 heteroatoms. The molecular formula is C20H15N3O3S2.